The van der Waals surface area contributed by atoms with E-state index in [1.54, 1.807) is 30.0 Å². The third kappa shape index (κ3) is 4.09. The second kappa shape index (κ2) is 6.32. The Hall–Kier alpha value is -1.79. The maximum Gasteiger partial charge on any atom is 0.255 e. The van der Waals surface area contributed by atoms with E-state index in [9.17, 15) is 13.2 Å². The van der Waals surface area contributed by atoms with Gasteiger partial charge in [0.15, 0.2) is 9.84 Å². The molecule has 2 rings (SSSR count). The Kier molecular flexibility index (Phi) is 4.69. The van der Waals surface area contributed by atoms with Gasteiger partial charge in [0.25, 0.3) is 5.91 Å². The summed E-state index contributed by atoms with van der Waals surface area (Å²) in [5.74, 6) is -0.224. The molecule has 0 fully saturated rings. The van der Waals surface area contributed by atoms with Crippen LogP contribution in [0.5, 0.6) is 0 Å². The molecule has 110 valence electrons. The molecule has 2 aromatic carbocycles. The molecule has 1 N–H and O–H groups in total. The van der Waals surface area contributed by atoms with Crippen LogP contribution < -0.4 is 5.32 Å². The molecule has 0 unspecified atom stereocenters. The largest absolute Gasteiger partial charge is 0.322 e. The van der Waals surface area contributed by atoms with Gasteiger partial charge in [-0.05, 0) is 48.7 Å². The third-order valence-electron chi connectivity index (χ3n) is 2.87. The van der Waals surface area contributed by atoms with Crippen LogP contribution in [0, 0.1) is 0 Å². The predicted molar refractivity (Wildman–Crippen MR) is 85.7 cm³/mol. The van der Waals surface area contributed by atoms with Crippen LogP contribution in [-0.2, 0) is 9.84 Å². The van der Waals surface area contributed by atoms with Crippen molar-refractivity contribution in [3.8, 4) is 0 Å². The first kappa shape index (κ1) is 15.6. The summed E-state index contributed by atoms with van der Waals surface area (Å²) in [7, 11) is -3.22. The average molecular weight is 321 g/mol. The van der Waals surface area contributed by atoms with Gasteiger partial charge >= 0.3 is 0 Å². The highest BCUT2D eigenvalue weighted by molar-refractivity contribution is 7.98. The van der Waals surface area contributed by atoms with Crippen molar-refractivity contribution >= 4 is 33.2 Å². The van der Waals surface area contributed by atoms with E-state index >= 15 is 0 Å². The fourth-order valence-corrected chi connectivity index (χ4v) is 2.84. The molecular weight excluding hydrogens is 306 g/mol. The molecule has 0 saturated carbocycles. The summed E-state index contributed by atoms with van der Waals surface area (Å²) in [6.07, 6.45) is 3.09. The van der Waals surface area contributed by atoms with Crippen molar-refractivity contribution in [3.63, 3.8) is 0 Å². The zero-order valence-electron chi connectivity index (χ0n) is 11.7. The maximum atomic E-state index is 12.1. The third-order valence-corrected chi connectivity index (χ3v) is 4.73. The van der Waals surface area contributed by atoms with E-state index in [2.05, 4.69) is 5.32 Å². The first-order valence-corrected chi connectivity index (χ1v) is 9.27. The molecule has 0 bridgehead atoms. The van der Waals surface area contributed by atoms with E-state index in [1.807, 2.05) is 24.5 Å². The molecule has 0 aliphatic heterocycles. The van der Waals surface area contributed by atoms with Crippen molar-refractivity contribution in [2.75, 3.05) is 17.8 Å². The number of amides is 1. The van der Waals surface area contributed by atoms with Crippen molar-refractivity contribution in [2.45, 2.75) is 9.79 Å². The van der Waals surface area contributed by atoms with Crippen LogP contribution in [0.4, 0.5) is 5.69 Å². The number of sulfone groups is 1. The normalized spacial score (nSPS) is 11.1. The molecule has 0 radical (unpaired) electrons. The fourth-order valence-electron chi connectivity index (χ4n) is 1.75. The number of thioether (sulfide) groups is 1. The zero-order valence-corrected chi connectivity index (χ0v) is 13.3. The van der Waals surface area contributed by atoms with Crippen LogP contribution in [0.25, 0.3) is 0 Å². The van der Waals surface area contributed by atoms with Crippen molar-refractivity contribution in [2.24, 2.45) is 0 Å². The van der Waals surface area contributed by atoms with Crippen molar-refractivity contribution in [3.05, 3.63) is 54.1 Å². The molecule has 0 aliphatic carbocycles. The standard InChI is InChI=1S/C15H15NO3S2/c1-20-13-5-3-4-11(10-13)15(17)16-12-6-8-14(9-7-12)21(2,18)19/h3-10H,1-2H3,(H,16,17). The SMILES string of the molecule is CSc1cccc(C(=O)Nc2ccc(S(C)(=O)=O)cc2)c1. The minimum atomic E-state index is -3.22. The van der Waals surface area contributed by atoms with E-state index in [0.29, 0.717) is 11.3 Å². The highest BCUT2D eigenvalue weighted by atomic mass is 32.2. The summed E-state index contributed by atoms with van der Waals surface area (Å²) < 4.78 is 22.7. The summed E-state index contributed by atoms with van der Waals surface area (Å²) in [6.45, 7) is 0. The van der Waals surface area contributed by atoms with E-state index in [-0.39, 0.29) is 10.8 Å². The van der Waals surface area contributed by atoms with Crippen LogP contribution in [0.2, 0.25) is 0 Å². The Labute approximate surface area is 128 Å². The Bertz CT molecular complexity index is 753. The molecular formula is C15H15NO3S2. The maximum absolute atomic E-state index is 12.1. The number of benzene rings is 2. The topological polar surface area (TPSA) is 63.2 Å². The Morgan fingerprint density at radius 1 is 1.10 bits per heavy atom. The van der Waals surface area contributed by atoms with Gasteiger partial charge in [0, 0.05) is 22.4 Å². The molecule has 6 heteroatoms. The fraction of sp³-hybridized carbons (Fsp3) is 0.133. The van der Waals surface area contributed by atoms with Crippen molar-refractivity contribution in [1.29, 1.82) is 0 Å². The molecule has 0 aliphatic rings. The van der Waals surface area contributed by atoms with Crippen molar-refractivity contribution in [1.82, 2.24) is 0 Å². The molecule has 0 spiro atoms. The van der Waals surface area contributed by atoms with Gasteiger partial charge in [0.1, 0.15) is 0 Å². The summed E-state index contributed by atoms with van der Waals surface area (Å²) in [6, 6.07) is 13.4. The quantitative estimate of drug-likeness (QED) is 0.879. The van der Waals surface area contributed by atoms with Crippen molar-refractivity contribution < 1.29 is 13.2 Å². The number of nitrogens with one attached hydrogen (secondary N) is 1. The average Bonchev–Trinajstić information content (AvgIpc) is 2.47. The molecule has 0 aromatic heterocycles. The van der Waals surface area contributed by atoms with Gasteiger partial charge in [-0.3, -0.25) is 4.79 Å². The van der Waals surface area contributed by atoms with Crippen LogP contribution in [0.3, 0.4) is 0 Å². The van der Waals surface area contributed by atoms with Gasteiger partial charge in [-0.25, -0.2) is 8.42 Å². The Morgan fingerprint density at radius 2 is 1.76 bits per heavy atom. The monoisotopic (exact) mass is 321 g/mol. The second-order valence-corrected chi connectivity index (χ2v) is 7.38. The molecule has 0 heterocycles. The van der Waals surface area contributed by atoms with Gasteiger partial charge in [0.2, 0.25) is 0 Å². The molecule has 1 amide bonds. The number of carbonyl (C=O) groups excluding carboxylic acids is 1. The lowest BCUT2D eigenvalue weighted by atomic mass is 10.2. The molecule has 0 saturated heterocycles. The number of rotatable bonds is 4. The summed E-state index contributed by atoms with van der Waals surface area (Å²) in [5.41, 5.74) is 1.12. The molecule has 0 atom stereocenters. The van der Waals surface area contributed by atoms with E-state index in [0.717, 1.165) is 11.2 Å². The number of anilines is 1. The number of hydrogen-bond acceptors (Lipinski definition) is 4. The van der Waals surface area contributed by atoms with Gasteiger partial charge in [-0.15, -0.1) is 11.8 Å². The second-order valence-electron chi connectivity index (χ2n) is 4.48. The van der Waals surface area contributed by atoms with Crippen LogP contribution in [0.1, 0.15) is 10.4 Å². The lowest BCUT2D eigenvalue weighted by Gasteiger charge is -2.07. The lowest BCUT2D eigenvalue weighted by Crippen LogP contribution is -2.12. The predicted octanol–water partition coefficient (Wildman–Crippen LogP) is 3.06. The summed E-state index contributed by atoms with van der Waals surface area (Å²) >= 11 is 1.56. The van der Waals surface area contributed by atoms with E-state index < -0.39 is 9.84 Å². The highest BCUT2D eigenvalue weighted by Crippen LogP contribution is 2.18. The lowest BCUT2D eigenvalue weighted by molar-refractivity contribution is 0.102. The van der Waals surface area contributed by atoms with Crippen LogP contribution in [-0.4, -0.2) is 26.8 Å². The number of hydrogen-bond donors (Lipinski definition) is 1. The molecule has 4 nitrogen and oxygen atoms in total. The summed E-state index contributed by atoms with van der Waals surface area (Å²) in [5, 5.41) is 2.75. The van der Waals surface area contributed by atoms with Crippen LogP contribution >= 0.6 is 11.8 Å². The van der Waals surface area contributed by atoms with Gasteiger partial charge in [0.05, 0.1) is 4.90 Å². The van der Waals surface area contributed by atoms with E-state index in [1.165, 1.54) is 12.1 Å². The Morgan fingerprint density at radius 3 is 2.33 bits per heavy atom. The minimum Gasteiger partial charge on any atom is -0.322 e. The smallest absolute Gasteiger partial charge is 0.255 e. The van der Waals surface area contributed by atoms with Gasteiger partial charge < -0.3 is 5.32 Å². The van der Waals surface area contributed by atoms with Gasteiger partial charge in [-0.1, -0.05) is 6.07 Å². The summed E-state index contributed by atoms with van der Waals surface area (Å²) in [4.78, 5) is 13.4. The zero-order chi connectivity index (χ0) is 15.5. The first-order chi connectivity index (χ1) is 9.90. The molecule has 2 aromatic rings. The van der Waals surface area contributed by atoms with Gasteiger partial charge in [-0.2, -0.15) is 0 Å². The first-order valence-electron chi connectivity index (χ1n) is 6.15. The molecule has 21 heavy (non-hydrogen) atoms. The Balaban J connectivity index is 2.16. The number of carbonyl (C=O) groups is 1. The highest BCUT2D eigenvalue weighted by Gasteiger charge is 2.09. The van der Waals surface area contributed by atoms with E-state index in [4.69, 9.17) is 0 Å². The minimum absolute atomic E-state index is 0.224. The van der Waals surface area contributed by atoms with Crippen LogP contribution in [0.15, 0.2) is 58.3 Å².